The molecule has 0 saturated heterocycles. The zero-order valence-corrected chi connectivity index (χ0v) is 21.8. The Morgan fingerprint density at radius 3 is 2.51 bits per heavy atom. The predicted octanol–water partition coefficient (Wildman–Crippen LogP) is 4.07. The summed E-state index contributed by atoms with van der Waals surface area (Å²) in [5.41, 5.74) is 7.53. The number of fused-ring (bicyclic) bond motifs is 1. The number of aromatic nitrogens is 4. The molecule has 0 unspecified atom stereocenters. The van der Waals surface area contributed by atoms with Gasteiger partial charge in [0.05, 0.1) is 42.2 Å². The average molecular weight is 569 g/mol. The topological polar surface area (TPSA) is 126 Å². The molecule has 13 heteroatoms. The highest BCUT2D eigenvalue weighted by Gasteiger charge is 2.54. The number of alkyl halides is 3. The fraction of sp³-hybridized carbons (Fsp3) is 0.357. The average Bonchev–Trinajstić information content (AvgIpc) is 3.50. The van der Waals surface area contributed by atoms with Crippen LogP contribution in [0.5, 0.6) is 11.6 Å². The summed E-state index contributed by atoms with van der Waals surface area (Å²) in [4.78, 5) is 24.9. The third kappa shape index (κ3) is 5.56. The van der Waals surface area contributed by atoms with Gasteiger partial charge in [-0.25, -0.2) is 9.20 Å². The Labute approximate surface area is 232 Å². The van der Waals surface area contributed by atoms with Crippen LogP contribution in [0.2, 0.25) is 0 Å². The number of amides is 2. The molecule has 1 aromatic carbocycles. The minimum absolute atomic E-state index is 0.00171. The van der Waals surface area contributed by atoms with Crippen molar-refractivity contribution in [3.05, 3.63) is 72.2 Å². The number of primary amides is 1. The highest BCUT2D eigenvalue weighted by molar-refractivity contribution is 6.00. The second kappa shape index (κ2) is 10.1. The maximum Gasteiger partial charge on any atom is 0.392 e. The molecule has 2 saturated carbocycles. The molecule has 2 fully saturated rings. The van der Waals surface area contributed by atoms with Gasteiger partial charge in [0.2, 0.25) is 5.88 Å². The standard InChI is InChI=1S/C28H27F3N6O4/c29-28(30,31)8-9-40-19-6-7-23-21(14-33-37(23)15-19)25(39)34-17-10-27(11-17)12-20(13-27)41-26-22(24(32)38)16-36(35-26)18-4-2-1-3-5-18/h1-7,14-17,20H,8-13H2,(H2,32,38)(H,34,39)/t17-,20-,27?. The fourth-order valence-electron chi connectivity index (χ4n) is 5.67. The van der Waals surface area contributed by atoms with Crippen molar-refractivity contribution >= 4 is 17.3 Å². The van der Waals surface area contributed by atoms with Crippen LogP contribution in [-0.2, 0) is 0 Å². The first-order valence-electron chi connectivity index (χ1n) is 13.2. The second-order valence-corrected chi connectivity index (χ2v) is 10.7. The SMILES string of the molecule is NC(=O)c1cn(-c2ccccc2)nc1O[C@H]1CC2(C[C@H](NC(=O)c3cnn4cc(OCCC(F)(F)F)ccc34)C2)C1. The number of pyridine rings is 1. The normalized spacial score (nSPS) is 21.7. The van der Waals surface area contributed by atoms with Crippen molar-refractivity contribution in [2.75, 3.05) is 6.61 Å². The number of para-hydroxylation sites is 1. The van der Waals surface area contributed by atoms with Crippen molar-refractivity contribution in [1.29, 1.82) is 0 Å². The maximum absolute atomic E-state index is 12.9. The van der Waals surface area contributed by atoms with Gasteiger partial charge in [0.1, 0.15) is 17.4 Å². The molecule has 0 aliphatic heterocycles. The molecule has 2 aliphatic rings. The van der Waals surface area contributed by atoms with E-state index >= 15 is 0 Å². The van der Waals surface area contributed by atoms with E-state index < -0.39 is 25.1 Å². The van der Waals surface area contributed by atoms with E-state index in [0.29, 0.717) is 11.1 Å². The number of halogens is 3. The number of nitrogens with zero attached hydrogens (tertiary/aromatic N) is 4. The molecule has 0 bridgehead atoms. The molecule has 3 aromatic heterocycles. The lowest BCUT2D eigenvalue weighted by atomic mass is 9.53. The minimum Gasteiger partial charge on any atom is -0.492 e. The number of carbonyl (C=O) groups excluding carboxylic acids is 2. The summed E-state index contributed by atoms with van der Waals surface area (Å²) < 4.78 is 51.3. The van der Waals surface area contributed by atoms with Crippen molar-refractivity contribution in [3.63, 3.8) is 0 Å². The van der Waals surface area contributed by atoms with Crippen LogP contribution in [0, 0.1) is 5.41 Å². The Hall–Kier alpha value is -4.55. The summed E-state index contributed by atoms with van der Waals surface area (Å²) >= 11 is 0. The van der Waals surface area contributed by atoms with E-state index in [1.807, 2.05) is 30.3 Å². The van der Waals surface area contributed by atoms with Crippen molar-refractivity contribution in [2.24, 2.45) is 11.1 Å². The van der Waals surface area contributed by atoms with Gasteiger partial charge < -0.3 is 20.5 Å². The number of hydrogen-bond donors (Lipinski definition) is 2. The van der Waals surface area contributed by atoms with Crippen LogP contribution >= 0.6 is 0 Å². The molecule has 41 heavy (non-hydrogen) atoms. The molecule has 2 aliphatic carbocycles. The van der Waals surface area contributed by atoms with Crippen LogP contribution in [0.4, 0.5) is 13.2 Å². The van der Waals surface area contributed by atoms with Crippen LogP contribution in [0.3, 0.4) is 0 Å². The van der Waals surface area contributed by atoms with Crippen LogP contribution in [0.25, 0.3) is 11.2 Å². The van der Waals surface area contributed by atoms with Crippen molar-refractivity contribution in [2.45, 2.75) is 50.4 Å². The Kier molecular flexibility index (Phi) is 6.59. The molecular formula is C28H27F3N6O4. The molecule has 4 aromatic rings. The van der Waals surface area contributed by atoms with Crippen molar-refractivity contribution in [1.82, 2.24) is 24.7 Å². The number of benzene rings is 1. The third-order valence-electron chi connectivity index (χ3n) is 7.65. The number of rotatable bonds is 9. The van der Waals surface area contributed by atoms with E-state index in [1.165, 1.54) is 23.0 Å². The molecule has 10 nitrogen and oxygen atoms in total. The van der Waals surface area contributed by atoms with E-state index in [9.17, 15) is 22.8 Å². The monoisotopic (exact) mass is 568 g/mol. The van der Waals surface area contributed by atoms with Gasteiger partial charge >= 0.3 is 6.18 Å². The van der Waals surface area contributed by atoms with Crippen molar-refractivity contribution in [3.8, 4) is 17.3 Å². The Morgan fingerprint density at radius 1 is 1.05 bits per heavy atom. The van der Waals surface area contributed by atoms with Gasteiger partial charge in [0.25, 0.3) is 11.8 Å². The minimum atomic E-state index is -4.30. The summed E-state index contributed by atoms with van der Waals surface area (Å²) in [7, 11) is 0. The van der Waals surface area contributed by atoms with E-state index in [0.717, 1.165) is 31.4 Å². The van der Waals surface area contributed by atoms with Crippen molar-refractivity contribution < 1.29 is 32.2 Å². The maximum atomic E-state index is 12.9. The van der Waals surface area contributed by atoms with Gasteiger partial charge in [0, 0.05) is 12.2 Å². The zero-order chi connectivity index (χ0) is 28.8. The quantitative estimate of drug-likeness (QED) is 0.314. The van der Waals surface area contributed by atoms with E-state index in [-0.39, 0.29) is 40.7 Å². The van der Waals surface area contributed by atoms with Gasteiger partial charge in [-0.3, -0.25) is 9.59 Å². The lowest BCUT2D eigenvalue weighted by Gasteiger charge is -2.57. The molecular weight excluding hydrogens is 541 g/mol. The van der Waals surface area contributed by atoms with Gasteiger partial charge in [-0.1, -0.05) is 18.2 Å². The first kappa shape index (κ1) is 26.7. The van der Waals surface area contributed by atoms with Gasteiger partial charge in [-0.15, -0.1) is 5.10 Å². The molecule has 3 heterocycles. The summed E-state index contributed by atoms with van der Waals surface area (Å²) in [6, 6.07) is 12.5. The summed E-state index contributed by atoms with van der Waals surface area (Å²) in [6.45, 7) is -0.498. The number of nitrogens with two attached hydrogens (primary N) is 1. The van der Waals surface area contributed by atoms with Crippen LogP contribution < -0.4 is 20.5 Å². The highest BCUT2D eigenvalue weighted by Crippen LogP contribution is 2.56. The van der Waals surface area contributed by atoms with Gasteiger partial charge in [0.15, 0.2) is 0 Å². The molecule has 3 N–H and O–H groups in total. The van der Waals surface area contributed by atoms with Crippen LogP contribution in [-0.4, -0.2) is 56.1 Å². The summed E-state index contributed by atoms with van der Waals surface area (Å²) in [5.74, 6) is -0.433. The molecule has 214 valence electrons. The van der Waals surface area contributed by atoms with Crippen LogP contribution in [0.1, 0.15) is 52.8 Å². The molecule has 6 rings (SSSR count). The third-order valence-corrected chi connectivity index (χ3v) is 7.65. The molecule has 0 atom stereocenters. The predicted molar refractivity (Wildman–Crippen MR) is 140 cm³/mol. The number of carbonyl (C=O) groups is 2. The molecule has 1 spiro atoms. The Balaban J connectivity index is 1.01. The molecule has 2 amide bonds. The largest absolute Gasteiger partial charge is 0.492 e. The summed E-state index contributed by atoms with van der Waals surface area (Å²) in [5, 5.41) is 11.6. The van der Waals surface area contributed by atoms with Gasteiger partial charge in [-0.2, -0.15) is 18.3 Å². The van der Waals surface area contributed by atoms with E-state index in [1.54, 1.807) is 16.9 Å². The smallest absolute Gasteiger partial charge is 0.392 e. The number of nitrogens with one attached hydrogen (secondary N) is 1. The zero-order valence-electron chi connectivity index (χ0n) is 21.8. The Morgan fingerprint density at radius 2 is 1.80 bits per heavy atom. The number of hydrogen-bond acceptors (Lipinski definition) is 6. The first-order valence-corrected chi connectivity index (χ1v) is 13.2. The van der Waals surface area contributed by atoms with Crippen LogP contribution in [0.15, 0.2) is 61.1 Å². The molecule has 0 radical (unpaired) electrons. The Bertz CT molecular complexity index is 1590. The second-order valence-electron chi connectivity index (χ2n) is 10.7. The highest BCUT2D eigenvalue weighted by atomic mass is 19.4. The lowest BCUT2D eigenvalue weighted by Crippen LogP contribution is -2.58. The van der Waals surface area contributed by atoms with Gasteiger partial charge in [-0.05, 0) is 55.4 Å². The lowest BCUT2D eigenvalue weighted by molar-refractivity contribution is -0.139. The summed E-state index contributed by atoms with van der Waals surface area (Å²) in [6.07, 6.45) is 2.16. The van der Waals surface area contributed by atoms with E-state index in [4.69, 9.17) is 15.2 Å². The first-order chi connectivity index (χ1) is 19.6. The number of ether oxygens (including phenoxy) is 2. The van der Waals surface area contributed by atoms with E-state index in [2.05, 4.69) is 15.5 Å². The fourth-order valence-corrected chi connectivity index (χ4v) is 5.67.